The average Bonchev–Trinajstić information content (AvgIpc) is 2.70. The second-order valence-corrected chi connectivity index (χ2v) is 5.71. The van der Waals surface area contributed by atoms with Crippen LogP contribution in [0.5, 0.6) is 0 Å². The number of rotatable bonds is 3. The summed E-state index contributed by atoms with van der Waals surface area (Å²) in [6, 6.07) is 4.10. The largest absolute Gasteiger partial charge is 0.394 e. The third kappa shape index (κ3) is 2.51. The Balaban J connectivity index is 2.01. The van der Waals surface area contributed by atoms with Gasteiger partial charge in [0.25, 0.3) is 0 Å². The molecule has 2 aromatic heterocycles. The lowest BCUT2D eigenvalue weighted by Crippen LogP contribution is -2.00. The Bertz CT molecular complexity index is 462. The van der Waals surface area contributed by atoms with Gasteiger partial charge in [-0.3, -0.25) is 4.68 Å². The number of nitrogens with two attached hydrogens (primary N) is 1. The molecule has 0 aliphatic heterocycles. The van der Waals surface area contributed by atoms with Crippen LogP contribution < -0.4 is 11.1 Å². The van der Waals surface area contributed by atoms with Crippen molar-refractivity contribution in [1.82, 2.24) is 9.78 Å². The highest BCUT2D eigenvalue weighted by Crippen LogP contribution is 2.23. The number of nitrogens with zero attached hydrogens (tertiary/aromatic N) is 2. The number of hydrogen-bond donors (Lipinski definition) is 2. The van der Waals surface area contributed by atoms with Crippen LogP contribution in [0, 0.1) is 0 Å². The number of halogens is 1. The van der Waals surface area contributed by atoms with Gasteiger partial charge >= 0.3 is 0 Å². The first-order valence-corrected chi connectivity index (χ1v) is 6.03. The number of thiophene rings is 1. The highest BCUT2D eigenvalue weighted by atomic mass is 79.9. The minimum Gasteiger partial charge on any atom is -0.394 e. The molecule has 0 atom stereocenters. The van der Waals surface area contributed by atoms with Crippen molar-refractivity contribution in [2.24, 2.45) is 7.05 Å². The lowest BCUT2D eigenvalue weighted by atomic mass is 10.4. The summed E-state index contributed by atoms with van der Waals surface area (Å²) in [5, 5.41) is 7.40. The lowest BCUT2D eigenvalue weighted by Gasteiger charge is -2.00. The molecular weight excluding hydrogens is 276 g/mol. The first kappa shape index (κ1) is 10.5. The normalized spacial score (nSPS) is 10.5. The molecule has 0 amide bonds. The molecule has 0 aliphatic rings. The van der Waals surface area contributed by atoms with Crippen molar-refractivity contribution in [3.8, 4) is 0 Å². The van der Waals surface area contributed by atoms with Crippen LogP contribution >= 0.6 is 27.3 Å². The highest BCUT2D eigenvalue weighted by molar-refractivity contribution is 9.11. The number of hydrogen-bond acceptors (Lipinski definition) is 4. The highest BCUT2D eigenvalue weighted by Gasteiger charge is 2.04. The van der Waals surface area contributed by atoms with Crippen LogP contribution in [0.25, 0.3) is 0 Å². The fourth-order valence-electron chi connectivity index (χ4n) is 1.26. The van der Waals surface area contributed by atoms with Gasteiger partial charge in [0, 0.05) is 18.1 Å². The Morgan fingerprint density at radius 3 is 2.93 bits per heavy atom. The van der Waals surface area contributed by atoms with E-state index in [0.29, 0.717) is 5.69 Å². The zero-order chi connectivity index (χ0) is 10.8. The molecule has 6 heteroatoms. The molecule has 15 heavy (non-hydrogen) atoms. The van der Waals surface area contributed by atoms with Gasteiger partial charge in [-0.05, 0) is 28.1 Å². The van der Waals surface area contributed by atoms with E-state index in [2.05, 4.69) is 32.4 Å². The van der Waals surface area contributed by atoms with Gasteiger partial charge in [0.15, 0.2) is 5.82 Å². The van der Waals surface area contributed by atoms with Crippen LogP contribution in [-0.4, -0.2) is 9.78 Å². The standard InChI is InChI=1S/C9H11BrN4S/c1-14-5-7(11)9(13-14)12-4-6-2-3-8(10)15-6/h2-3,5H,4,11H2,1H3,(H,12,13). The SMILES string of the molecule is Cn1cc(N)c(NCc2ccc(Br)s2)n1. The van der Waals surface area contributed by atoms with E-state index in [-0.39, 0.29) is 0 Å². The van der Waals surface area contributed by atoms with E-state index in [1.54, 1.807) is 22.2 Å². The number of nitrogen functional groups attached to an aromatic ring is 1. The van der Waals surface area contributed by atoms with Crippen LogP contribution in [0.3, 0.4) is 0 Å². The Kier molecular flexibility index (Phi) is 2.97. The van der Waals surface area contributed by atoms with E-state index in [4.69, 9.17) is 5.73 Å². The van der Waals surface area contributed by atoms with Crippen LogP contribution in [0.4, 0.5) is 11.5 Å². The number of nitrogens with one attached hydrogen (secondary N) is 1. The predicted molar refractivity (Wildman–Crippen MR) is 67.0 cm³/mol. The van der Waals surface area contributed by atoms with Crippen molar-refractivity contribution in [3.63, 3.8) is 0 Å². The lowest BCUT2D eigenvalue weighted by molar-refractivity contribution is 0.768. The van der Waals surface area contributed by atoms with Crippen LogP contribution in [0.15, 0.2) is 22.1 Å². The number of anilines is 2. The molecule has 2 rings (SSSR count). The van der Waals surface area contributed by atoms with Crippen molar-refractivity contribution < 1.29 is 0 Å². The fourth-order valence-corrected chi connectivity index (χ4v) is 2.68. The van der Waals surface area contributed by atoms with Gasteiger partial charge in [-0.1, -0.05) is 0 Å². The van der Waals surface area contributed by atoms with Gasteiger partial charge < -0.3 is 11.1 Å². The topological polar surface area (TPSA) is 55.9 Å². The minimum absolute atomic E-state index is 0.674. The zero-order valence-electron chi connectivity index (χ0n) is 8.20. The molecule has 80 valence electrons. The molecule has 0 saturated carbocycles. The van der Waals surface area contributed by atoms with Gasteiger partial charge in [-0.2, -0.15) is 5.10 Å². The van der Waals surface area contributed by atoms with E-state index < -0.39 is 0 Å². The molecule has 2 aromatic rings. The number of aromatic nitrogens is 2. The van der Waals surface area contributed by atoms with E-state index in [9.17, 15) is 0 Å². The zero-order valence-corrected chi connectivity index (χ0v) is 10.6. The van der Waals surface area contributed by atoms with E-state index in [1.807, 2.05) is 13.1 Å². The molecular formula is C9H11BrN4S. The van der Waals surface area contributed by atoms with Crippen molar-refractivity contribution in [3.05, 3.63) is 27.0 Å². The van der Waals surface area contributed by atoms with Crippen LogP contribution in [0.2, 0.25) is 0 Å². The quantitative estimate of drug-likeness (QED) is 0.911. The van der Waals surface area contributed by atoms with Gasteiger partial charge in [-0.15, -0.1) is 11.3 Å². The van der Waals surface area contributed by atoms with Crippen LogP contribution in [-0.2, 0) is 13.6 Å². The summed E-state index contributed by atoms with van der Waals surface area (Å²) in [6.07, 6.45) is 1.78. The van der Waals surface area contributed by atoms with E-state index in [1.165, 1.54) is 4.88 Å². The van der Waals surface area contributed by atoms with Gasteiger partial charge in [-0.25, -0.2) is 0 Å². The van der Waals surface area contributed by atoms with Gasteiger partial charge in [0.1, 0.15) is 0 Å². The second kappa shape index (κ2) is 4.24. The summed E-state index contributed by atoms with van der Waals surface area (Å²) in [4.78, 5) is 1.24. The van der Waals surface area contributed by atoms with E-state index >= 15 is 0 Å². The maximum Gasteiger partial charge on any atom is 0.171 e. The third-order valence-electron chi connectivity index (χ3n) is 1.92. The minimum atomic E-state index is 0.674. The third-order valence-corrected chi connectivity index (χ3v) is 3.54. The monoisotopic (exact) mass is 286 g/mol. The van der Waals surface area contributed by atoms with Crippen molar-refractivity contribution in [2.45, 2.75) is 6.54 Å². The molecule has 0 spiro atoms. The van der Waals surface area contributed by atoms with Crippen molar-refractivity contribution in [2.75, 3.05) is 11.1 Å². The fraction of sp³-hybridized carbons (Fsp3) is 0.222. The Morgan fingerprint density at radius 1 is 1.60 bits per heavy atom. The van der Waals surface area contributed by atoms with Crippen molar-refractivity contribution >= 4 is 38.8 Å². The summed E-state index contributed by atoms with van der Waals surface area (Å²) in [7, 11) is 1.85. The smallest absolute Gasteiger partial charge is 0.171 e. The Morgan fingerprint density at radius 2 is 2.40 bits per heavy atom. The molecule has 0 unspecified atom stereocenters. The molecule has 3 N–H and O–H groups in total. The first-order chi connectivity index (χ1) is 7.15. The molecule has 0 fully saturated rings. The maximum absolute atomic E-state index is 5.76. The summed E-state index contributed by atoms with van der Waals surface area (Å²) in [5.41, 5.74) is 6.43. The molecule has 4 nitrogen and oxygen atoms in total. The van der Waals surface area contributed by atoms with Crippen LogP contribution in [0.1, 0.15) is 4.88 Å². The summed E-state index contributed by atoms with van der Waals surface area (Å²) >= 11 is 5.12. The van der Waals surface area contributed by atoms with Gasteiger partial charge in [0.2, 0.25) is 0 Å². The molecule has 0 aliphatic carbocycles. The molecule has 0 bridgehead atoms. The second-order valence-electron chi connectivity index (χ2n) is 3.17. The predicted octanol–water partition coefficient (Wildman–Crippen LogP) is 2.44. The number of aryl methyl sites for hydroxylation is 1. The molecule has 0 saturated heterocycles. The molecule has 0 radical (unpaired) electrons. The van der Waals surface area contributed by atoms with Gasteiger partial charge in [0.05, 0.1) is 16.0 Å². The van der Waals surface area contributed by atoms with Crippen molar-refractivity contribution in [1.29, 1.82) is 0 Å². The maximum atomic E-state index is 5.76. The summed E-state index contributed by atoms with van der Waals surface area (Å²) in [6.45, 7) is 0.748. The molecule has 0 aromatic carbocycles. The Labute approximate surface area is 100 Å². The first-order valence-electron chi connectivity index (χ1n) is 4.42. The Hall–Kier alpha value is -1.01. The average molecular weight is 287 g/mol. The van der Waals surface area contributed by atoms with E-state index in [0.717, 1.165) is 16.1 Å². The molecule has 2 heterocycles. The summed E-state index contributed by atoms with van der Waals surface area (Å²) < 4.78 is 2.83. The summed E-state index contributed by atoms with van der Waals surface area (Å²) in [5.74, 6) is 0.738.